The number of aromatic nitrogens is 2. The van der Waals surface area contributed by atoms with E-state index >= 15 is 0 Å². The highest BCUT2D eigenvalue weighted by Crippen LogP contribution is 2.35. The molecule has 4 rings (SSSR count). The summed E-state index contributed by atoms with van der Waals surface area (Å²) in [6.45, 7) is 13.8. The first kappa shape index (κ1) is 17.9. The predicted molar refractivity (Wildman–Crippen MR) is 116 cm³/mol. The summed E-state index contributed by atoms with van der Waals surface area (Å²) < 4.78 is 6.32. The van der Waals surface area contributed by atoms with E-state index in [-0.39, 0.29) is 5.41 Å². The highest BCUT2D eigenvalue weighted by atomic mass is 28.3. The molecule has 3 aromatic heterocycles. The second kappa shape index (κ2) is 6.03. The van der Waals surface area contributed by atoms with E-state index in [1.807, 2.05) is 24.5 Å². The first-order chi connectivity index (χ1) is 12.7. The van der Waals surface area contributed by atoms with Crippen molar-refractivity contribution < 1.29 is 4.42 Å². The fourth-order valence-electron chi connectivity index (χ4n) is 3.57. The number of furan rings is 1. The average molecular weight is 375 g/mol. The van der Waals surface area contributed by atoms with Crippen LogP contribution < -0.4 is 5.19 Å². The van der Waals surface area contributed by atoms with Crippen LogP contribution in [-0.4, -0.2) is 18.0 Å². The predicted octanol–water partition coefficient (Wildman–Crippen LogP) is 5.89. The Morgan fingerprint density at radius 1 is 0.926 bits per heavy atom. The van der Waals surface area contributed by atoms with Crippen LogP contribution in [0.15, 0.2) is 53.2 Å². The SMILES string of the molecule is CC(C)(C)c1ccnc(-c2ccc([Si](C)(C)C)c3c2oc2cccnc23)c1. The van der Waals surface area contributed by atoms with E-state index in [1.54, 1.807) is 0 Å². The van der Waals surface area contributed by atoms with Crippen molar-refractivity contribution in [2.75, 3.05) is 0 Å². The Bertz CT molecular complexity index is 1150. The summed E-state index contributed by atoms with van der Waals surface area (Å²) in [4.78, 5) is 9.31. The third-order valence-corrected chi connectivity index (χ3v) is 7.12. The quantitative estimate of drug-likeness (QED) is 0.411. The molecule has 0 aliphatic rings. The van der Waals surface area contributed by atoms with Gasteiger partial charge in [0.1, 0.15) is 11.1 Å². The highest BCUT2D eigenvalue weighted by molar-refractivity contribution is 6.90. The highest BCUT2D eigenvalue weighted by Gasteiger charge is 2.25. The van der Waals surface area contributed by atoms with Crippen LogP contribution in [0.2, 0.25) is 19.6 Å². The van der Waals surface area contributed by atoms with Crippen LogP contribution in [-0.2, 0) is 5.41 Å². The van der Waals surface area contributed by atoms with Crippen molar-refractivity contribution in [3.8, 4) is 11.3 Å². The minimum absolute atomic E-state index is 0.0739. The second-order valence-corrected chi connectivity index (χ2v) is 14.3. The van der Waals surface area contributed by atoms with E-state index < -0.39 is 8.07 Å². The number of rotatable bonds is 2. The van der Waals surface area contributed by atoms with E-state index in [2.05, 4.69) is 74.6 Å². The summed E-state index contributed by atoms with van der Waals surface area (Å²) in [6.07, 6.45) is 3.74. The standard InChI is InChI=1S/C23H26N2OSi/c1-23(2,3)15-11-13-24-17(14-15)16-9-10-19(27(4,5)6)20-21-18(26-22(16)20)8-7-12-25-21/h7-14H,1-6H3. The number of fused-ring (bicyclic) bond motifs is 3. The zero-order valence-corrected chi connectivity index (χ0v) is 17.9. The molecule has 0 fully saturated rings. The molecule has 1 aromatic carbocycles. The van der Waals surface area contributed by atoms with Crippen LogP contribution in [0.4, 0.5) is 0 Å². The summed E-state index contributed by atoms with van der Waals surface area (Å²) in [6, 6.07) is 12.6. The molecule has 0 unspecified atom stereocenters. The molecule has 0 aliphatic carbocycles. The van der Waals surface area contributed by atoms with Gasteiger partial charge < -0.3 is 4.42 Å². The lowest BCUT2D eigenvalue weighted by Crippen LogP contribution is -2.38. The van der Waals surface area contributed by atoms with Crippen LogP contribution >= 0.6 is 0 Å². The fourth-order valence-corrected chi connectivity index (χ4v) is 5.13. The van der Waals surface area contributed by atoms with Crippen LogP contribution in [0.25, 0.3) is 33.3 Å². The van der Waals surface area contributed by atoms with Gasteiger partial charge in [0.05, 0.1) is 13.8 Å². The monoisotopic (exact) mass is 374 g/mol. The second-order valence-electron chi connectivity index (χ2n) is 9.25. The van der Waals surface area contributed by atoms with Crippen LogP contribution in [0.3, 0.4) is 0 Å². The minimum Gasteiger partial charge on any atom is -0.454 e. The molecule has 0 radical (unpaired) electrons. The van der Waals surface area contributed by atoms with Gasteiger partial charge in [-0.05, 0) is 46.5 Å². The van der Waals surface area contributed by atoms with Crippen LogP contribution in [0.5, 0.6) is 0 Å². The normalized spacial score (nSPS) is 12.8. The van der Waals surface area contributed by atoms with Gasteiger partial charge in [0.25, 0.3) is 0 Å². The van der Waals surface area contributed by atoms with E-state index in [9.17, 15) is 0 Å². The maximum atomic E-state index is 6.32. The van der Waals surface area contributed by atoms with Crippen molar-refractivity contribution >= 4 is 35.3 Å². The summed E-state index contributed by atoms with van der Waals surface area (Å²) in [5, 5.41) is 2.54. The Morgan fingerprint density at radius 3 is 2.41 bits per heavy atom. The van der Waals surface area contributed by atoms with Gasteiger partial charge in [-0.25, -0.2) is 0 Å². The van der Waals surface area contributed by atoms with Crippen LogP contribution in [0, 0.1) is 0 Å². The molecule has 0 aliphatic heterocycles. The number of pyridine rings is 2. The molecule has 0 atom stereocenters. The van der Waals surface area contributed by atoms with Crippen molar-refractivity contribution in [1.82, 2.24) is 9.97 Å². The Balaban J connectivity index is 2.07. The lowest BCUT2D eigenvalue weighted by molar-refractivity contribution is 0.589. The van der Waals surface area contributed by atoms with Gasteiger partial charge in [0.2, 0.25) is 0 Å². The van der Waals surface area contributed by atoms with Gasteiger partial charge in [0, 0.05) is 23.3 Å². The Labute approximate surface area is 161 Å². The average Bonchev–Trinajstić information content (AvgIpc) is 2.99. The van der Waals surface area contributed by atoms with Crippen molar-refractivity contribution in [3.63, 3.8) is 0 Å². The van der Waals surface area contributed by atoms with Gasteiger partial charge in [-0.1, -0.05) is 46.5 Å². The molecule has 4 heteroatoms. The zero-order valence-electron chi connectivity index (χ0n) is 16.9. The molecular weight excluding hydrogens is 348 g/mol. The van der Waals surface area contributed by atoms with Gasteiger partial charge >= 0.3 is 0 Å². The topological polar surface area (TPSA) is 38.9 Å². The molecule has 0 saturated carbocycles. The fraction of sp³-hybridized carbons (Fsp3) is 0.304. The maximum Gasteiger partial charge on any atom is 0.153 e. The van der Waals surface area contributed by atoms with E-state index in [0.717, 1.165) is 33.3 Å². The van der Waals surface area contributed by atoms with Gasteiger partial charge in [-0.2, -0.15) is 0 Å². The van der Waals surface area contributed by atoms with Gasteiger partial charge in [-0.15, -0.1) is 0 Å². The third kappa shape index (κ3) is 3.08. The summed E-state index contributed by atoms with van der Waals surface area (Å²) in [5.74, 6) is 0. The molecule has 0 amide bonds. The largest absolute Gasteiger partial charge is 0.454 e. The molecule has 3 heterocycles. The molecule has 0 spiro atoms. The van der Waals surface area contributed by atoms with E-state index in [4.69, 9.17) is 4.42 Å². The van der Waals surface area contributed by atoms with E-state index in [0.29, 0.717) is 0 Å². The maximum absolute atomic E-state index is 6.32. The van der Waals surface area contributed by atoms with Crippen LogP contribution in [0.1, 0.15) is 26.3 Å². The van der Waals surface area contributed by atoms with Crippen molar-refractivity contribution in [3.05, 3.63) is 54.4 Å². The number of hydrogen-bond donors (Lipinski definition) is 0. The Hall–Kier alpha value is -2.46. The molecule has 0 saturated heterocycles. The first-order valence-electron chi connectivity index (χ1n) is 9.44. The van der Waals surface area contributed by atoms with E-state index in [1.165, 1.54) is 10.8 Å². The third-order valence-electron chi connectivity index (χ3n) is 5.09. The number of hydrogen-bond acceptors (Lipinski definition) is 3. The number of nitrogens with zero attached hydrogens (tertiary/aromatic N) is 2. The minimum atomic E-state index is -1.56. The molecule has 0 bridgehead atoms. The molecule has 4 aromatic rings. The smallest absolute Gasteiger partial charge is 0.153 e. The Morgan fingerprint density at radius 2 is 1.70 bits per heavy atom. The summed E-state index contributed by atoms with van der Waals surface area (Å²) in [5.41, 5.74) is 6.03. The lowest BCUT2D eigenvalue weighted by Gasteiger charge is -2.20. The first-order valence-corrected chi connectivity index (χ1v) is 12.9. The molecule has 27 heavy (non-hydrogen) atoms. The van der Waals surface area contributed by atoms with Gasteiger partial charge in [-0.3, -0.25) is 9.97 Å². The molecule has 138 valence electrons. The van der Waals surface area contributed by atoms with Gasteiger partial charge in [0.15, 0.2) is 5.58 Å². The summed E-state index contributed by atoms with van der Waals surface area (Å²) in [7, 11) is -1.56. The Kier molecular flexibility index (Phi) is 4.00. The van der Waals surface area contributed by atoms with Crippen molar-refractivity contribution in [2.24, 2.45) is 0 Å². The molecular formula is C23H26N2OSi. The summed E-state index contributed by atoms with van der Waals surface area (Å²) >= 11 is 0. The zero-order chi connectivity index (χ0) is 19.4. The van der Waals surface area contributed by atoms with Crippen molar-refractivity contribution in [2.45, 2.75) is 45.8 Å². The molecule has 3 nitrogen and oxygen atoms in total. The van der Waals surface area contributed by atoms with Crippen molar-refractivity contribution in [1.29, 1.82) is 0 Å². The molecule has 0 N–H and O–H groups in total. The lowest BCUT2D eigenvalue weighted by atomic mass is 9.87. The number of benzene rings is 1.